The van der Waals surface area contributed by atoms with Crippen molar-refractivity contribution in [1.82, 2.24) is 18.7 Å². The van der Waals surface area contributed by atoms with Crippen LogP contribution in [0.25, 0.3) is 116 Å². The van der Waals surface area contributed by atoms with Gasteiger partial charge in [0, 0.05) is 49.3 Å². The van der Waals surface area contributed by atoms with Crippen LogP contribution in [0.1, 0.15) is 0 Å². The number of hydrogen-bond donors (Lipinski definition) is 0. The highest BCUT2D eigenvalue weighted by atomic mass is 15.1. The first kappa shape index (κ1) is 35.3. The van der Waals surface area contributed by atoms with E-state index in [0.717, 1.165) is 50.6 Å². The van der Waals surface area contributed by atoms with Crippen molar-refractivity contribution in [3.8, 4) is 50.7 Å². The van der Waals surface area contributed by atoms with Gasteiger partial charge in [-0.3, -0.25) is 4.57 Å². The second-order valence-corrected chi connectivity index (χ2v) is 16.3. The molecular weight excluding hydrogens is 765 g/mol. The Hall–Kier alpha value is -8.47. The number of aromatic nitrogens is 4. The molecule has 9 aromatic carbocycles. The van der Waals surface area contributed by atoms with E-state index in [4.69, 9.17) is 4.98 Å². The normalized spacial score (nSPS) is 11.8. The van der Waals surface area contributed by atoms with E-state index in [9.17, 15) is 0 Å². The van der Waals surface area contributed by atoms with Crippen LogP contribution in [0.3, 0.4) is 0 Å². The number of fused-ring (bicyclic) bond motifs is 9. The van der Waals surface area contributed by atoms with Crippen molar-refractivity contribution in [2.75, 3.05) is 0 Å². The predicted octanol–water partition coefficient (Wildman–Crippen LogP) is 15.4. The van der Waals surface area contributed by atoms with Crippen molar-refractivity contribution in [3.63, 3.8) is 0 Å². The molecule has 0 bridgehead atoms. The monoisotopic (exact) mass is 802 g/mol. The third-order valence-corrected chi connectivity index (χ3v) is 12.8. The highest BCUT2D eigenvalue weighted by Gasteiger charge is 2.22. The van der Waals surface area contributed by atoms with E-state index < -0.39 is 0 Å². The standard InChI is InChI=1S/C59H38N4/c1-4-18-39(19-5-1)41-36-50(40-20-6-2-7-21-40)60-57(37-41)63-53-31-15-12-26-48(53)59-46(28-17-33-56(59)63)45-27-16-32-55-58(45)47-25-11-14-30-52(47)62(55)43-34-35-54-49(38-43)44-24-10-13-29-51(44)61(54)42-22-8-3-9-23-42/h1-38H. The Morgan fingerprint density at radius 3 is 1.40 bits per heavy atom. The Morgan fingerprint density at radius 2 is 0.746 bits per heavy atom. The van der Waals surface area contributed by atoms with Gasteiger partial charge in [0.2, 0.25) is 0 Å². The molecule has 0 radical (unpaired) electrons. The smallest absolute Gasteiger partial charge is 0.138 e. The van der Waals surface area contributed by atoms with Crippen LogP contribution in [0.15, 0.2) is 231 Å². The van der Waals surface area contributed by atoms with Crippen molar-refractivity contribution < 1.29 is 0 Å². The molecule has 4 aromatic heterocycles. The molecule has 13 rings (SSSR count). The fourth-order valence-electron chi connectivity index (χ4n) is 10.2. The largest absolute Gasteiger partial charge is 0.309 e. The molecule has 0 fully saturated rings. The van der Waals surface area contributed by atoms with Gasteiger partial charge >= 0.3 is 0 Å². The van der Waals surface area contributed by atoms with Crippen LogP contribution in [0.5, 0.6) is 0 Å². The maximum Gasteiger partial charge on any atom is 0.138 e. The molecule has 0 aliphatic heterocycles. The first-order chi connectivity index (χ1) is 31.3. The van der Waals surface area contributed by atoms with Crippen LogP contribution in [-0.4, -0.2) is 18.7 Å². The maximum atomic E-state index is 5.42. The molecule has 4 heteroatoms. The summed E-state index contributed by atoms with van der Waals surface area (Å²) < 4.78 is 7.19. The second-order valence-electron chi connectivity index (χ2n) is 16.3. The van der Waals surface area contributed by atoms with Gasteiger partial charge in [-0.2, -0.15) is 0 Å². The first-order valence-electron chi connectivity index (χ1n) is 21.6. The average molecular weight is 803 g/mol. The number of para-hydroxylation sites is 4. The molecule has 0 saturated heterocycles. The Balaban J connectivity index is 1.05. The Labute approximate surface area is 363 Å². The van der Waals surface area contributed by atoms with Crippen molar-refractivity contribution in [1.29, 1.82) is 0 Å². The molecule has 4 nitrogen and oxygen atoms in total. The zero-order valence-electron chi connectivity index (χ0n) is 34.2. The minimum atomic E-state index is 0.886. The summed E-state index contributed by atoms with van der Waals surface area (Å²) in [5, 5.41) is 7.33. The first-order valence-corrected chi connectivity index (χ1v) is 21.6. The van der Waals surface area contributed by atoms with Crippen molar-refractivity contribution in [2.45, 2.75) is 0 Å². The zero-order chi connectivity index (χ0) is 41.4. The lowest BCUT2D eigenvalue weighted by Crippen LogP contribution is -2.00. The quantitative estimate of drug-likeness (QED) is 0.165. The molecule has 0 aliphatic carbocycles. The van der Waals surface area contributed by atoms with E-state index in [1.807, 2.05) is 0 Å². The summed E-state index contributed by atoms with van der Waals surface area (Å²) in [6.07, 6.45) is 0. The van der Waals surface area contributed by atoms with Crippen LogP contribution in [-0.2, 0) is 0 Å². The number of pyridine rings is 1. The van der Waals surface area contributed by atoms with Crippen LogP contribution in [0.4, 0.5) is 0 Å². The third kappa shape index (κ3) is 5.45. The SMILES string of the molecule is c1ccc(-c2cc(-c3ccccc3)nc(-n3c4ccccc4c4c(-c5cccc6c5c5ccccc5n6-c5ccc6c(c5)c5ccccc5n6-c5ccccc5)cccc43)c2)cc1. The second kappa shape index (κ2) is 14.1. The molecule has 294 valence electrons. The highest BCUT2D eigenvalue weighted by molar-refractivity contribution is 6.22. The lowest BCUT2D eigenvalue weighted by atomic mass is 9.95. The van der Waals surface area contributed by atoms with Crippen molar-refractivity contribution in [3.05, 3.63) is 231 Å². The summed E-state index contributed by atoms with van der Waals surface area (Å²) in [5.74, 6) is 0.886. The molecule has 63 heavy (non-hydrogen) atoms. The molecule has 0 atom stereocenters. The van der Waals surface area contributed by atoms with E-state index in [0.29, 0.717) is 0 Å². The number of nitrogens with zero attached hydrogens (tertiary/aromatic N) is 4. The Bertz CT molecular complexity index is 3830. The molecular formula is C59H38N4. The van der Waals surface area contributed by atoms with Crippen molar-refractivity contribution in [2.24, 2.45) is 0 Å². The highest BCUT2D eigenvalue weighted by Crippen LogP contribution is 2.45. The van der Waals surface area contributed by atoms with Gasteiger partial charge in [0.1, 0.15) is 5.82 Å². The van der Waals surface area contributed by atoms with Gasteiger partial charge in [0.15, 0.2) is 0 Å². The van der Waals surface area contributed by atoms with Gasteiger partial charge in [-0.15, -0.1) is 0 Å². The van der Waals surface area contributed by atoms with Gasteiger partial charge in [-0.1, -0.05) is 158 Å². The van der Waals surface area contributed by atoms with E-state index in [2.05, 4.69) is 244 Å². The minimum absolute atomic E-state index is 0.886. The summed E-state index contributed by atoms with van der Waals surface area (Å²) in [4.78, 5) is 5.42. The van der Waals surface area contributed by atoms with E-state index >= 15 is 0 Å². The number of rotatable bonds is 6. The van der Waals surface area contributed by atoms with Gasteiger partial charge in [0.25, 0.3) is 0 Å². The summed E-state index contributed by atoms with van der Waals surface area (Å²) in [6, 6.07) is 83.2. The maximum absolute atomic E-state index is 5.42. The van der Waals surface area contributed by atoms with Gasteiger partial charge < -0.3 is 9.13 Å². The number of hydrogen-bond acceptors (Lipinski definition) is 1. The Morgan fingerprint density at radius 1 is 0.270 bits per heavy atom. The van der Waals surface area contributed by atoms with Crippen LogP contribution in [0, 0.1) is 0 Å². The molecule has 0 N–H and O–H groups in total. The number of benzene rings is 9. The van der Waals surface area contributed by atoms with Crippen LogP contribution in [0.2, 0.25) is 0 Å². The van der Waals surface area contributed by atoms with E-state index in [1.54, 1.807) is 0 Å². The summed E-state index contributed by atoms with van der Waals surface area (Å²) >= 11 is 0. The van der Waals surface area contributed by atoms with Crippen molar-refractivity contribution >= 4 is 65.4 Å². The Kier molecular flexibility index (Phi) is 7.87. The van der Waals surface area contributed by atoms with E-state index in [1.165, 1.54) is 65.5 Å². The minimum Gasteiger partial charge on any atom is -0.309 e. The molecule has 13 aromatic rings. The molecule has 0 spiro atoms. The summed E-state index contributed by atoms with van der Waals surface area (Å²) in [7, 11) is 0. The fourth-order valence-corrected chi connectivity index (χ4v) is 10.2. The summed E-state index contributed by atoms with van der Waals surface area (Å²) in [5.41, 5.74) is 16.0. The molecule has 4 heterocycles. The molecule has 0 aliphatic rings. The van der Waals surface area contributed by atoms with E-state index in [-0.39, 0.29) is 0 Å². The molecule has 0 saturated carbocycles. The van der Waals surface area contributed by atoms with Gasteiger partial charge in [0.05, 0.1) is 38.8 Å². The summed E-state index contributed by atoms with van der Waals surface area (Å²) in [6.45, 7) is 0. The predicted molar refractivity (Wildman–Crippen MR) is 264 cm³/mol. The van der Waals surface area contributed by atoms with Crippen LogP contribution < -0.4 is 0 Å². The lowest BCUT2D eigenvalue weighted by molar-refractivity contribution is 1.08. The lowest BCUT2D eigenvalue weighted by Gasteiger charge is -2.13. The zero-order valence-corrected chi connectivity index (χ0v) is 34.2. The van der Waals surface area contributed by atoms with Gasteiger partial charge in [-0.05, 0) is 95.1 Å². The van der Waals surface area contributed by atoms with Crippen LogP contribution >= 0.6 is 0 Å². The fraction of sp³-hybridized carbons (Fsp3) is 0. The average Bonchev–Trinajstić information content (AvgIpc) is 4.00. The molecule has 0 unspecified atom stereocenters. The topological polar surface area (TPSA) is 27.7 Å². The third-order valence-electron chi connectivity index (χ3n) is 12.8. The van der Waals surface area contributed by atoms with Gasteiger partial charge in [-0.25, -0.2) is 4.98 Å². The molecule has 0 amide bonds.